The smallest absolute Gasteiger partial charge is 0.308 e. The second-order valence-corrected chi connectivity index (χ2v) is 6.89. The van der Waals surface area contributed by atoms with Gasteiger partial charge >= 0.3 is 5.97 Å². The number of rotatable bonds is 6. The number of carbonyl (C=O) groups excluding carboxylic acids is 4. The number of esters is 1. The van der Waals surface area contributed by atoms with Gasteiger partial charge in [0.2, 0.25) is 18.6 Å². The predicted octanol–water partition coefficient (Wildman–Crippen LogP) is 1.48. The molecule has 146 valence electrons. The lowest BCUT2D eigenvalue weighted by Gasteiger charge is -2.14. The van der Waals surface area contributed by atoms with Gasteiger partial charge in [-0.3, -0.25) is 24.1 Å². The summed E-state index contributed by atoms with van der Waals surface area (Å²) in [6.07, 6.45) is 4.79. The van der Waals surface area contributed by atoms with Gasteiger partial charge in [-0.1, -0.05) is 12.2 Å². The van der Waals surface area contributed by atoms with Gasteiger partial charge in [-0.15, -0.1) is 0 Å². The van der Waals surface area contributed by atoms with Crippen LogP contribution in [0.1, 0.15) is 29.6 Å². The second kappa shape index (κ2) is 7.46. The van der Waals surface area contributed by atoms with Crippen LogP contribution in [0.25, 0.3) is 0 Å². The number of fused-ring (bicyclic) bond motifs is 2. The average Bonchev–Trinajstić information content (AvgIpc) is 3.28. The minimum atomic E-state index is -0.636. The molecule has 3 aliphatic rings. The number of Topliss-reactive ketones (excluding diaryl/α,β-unsaturated/α-hetero) is 1. The van der Waals surface area contributed by atoms with Gasteiger partial charge in [0.15, 0.2) is 23.9 Å². The molecule has 2 aliphatic heterocycles. The Morgan fingerprint density at radius 2 is 1.71 bits per heavy atom. The molecular weight excluding hydrogens is 366 g/mol. The molecule has 1 aliphatic carbocycles. The molecule has 0 unspecified atom stereocenters. The number of hydrogen-bond donors (Lipinski definition) is 0. The van der Waals surface area contributed by atoms with Crippen LogP contribution in [0.2, 0.25) is 0 Å². The fraction of sp³-hybridized carbons (Fsp3) is 0.400. The van der Waals surface area contributed by atoms with E-state index in [1.807, 2.05) is 12.2 Å². The van der Waals surface area contributed by atoms with Gasteiger partial charge in [0.1, 0.15) is 0 Å². The van der Waals surface area contributed by atoms with Crippen molar-refractivity contribution in [1.29, 1.82) is 0 Å². The highest BCUT2D eigenvalue weighted by Gasteiger charge is 2.46. The molecule has 8 heteroatoms. The lowest BCUT2D eigenvalue weighted by atomic mass is 9.85. The molecule has 2 atom stereocenters. The van der Waals surface area contributed by atoms with E-state index in [0.717, 1.165) is 4.90 Å². The Hall–Kier alpha value is -3.16. The fourth-order valence-electron chi connectivity index (χ4n) is 3.66. The number of amides is 2. The van der Waals surface area contributed by atoms with Crippen LogP contribution in [0.15, 0.2) is 30.4 Å². The fourth-order valence-corrected chi connectivity index (χ4v) is 3.66. The van der Waals surface area contributed by atoms with Gasteiger partial charge in [0, 0.05) is 12.1 Å². The van der Waals surface area contributed by atoms with Crippen LogP contribution in [0.4, 0.5) is 0 Å². The Labute approximate surface area is 161 Å². The third kappa shape index (κ3) is 3.37. The number of imide groups is 1. The zero-order valence-electron chi connectivity index (χ0n) is 15.1. The number of benzene rings is 1. The summed E-state index contributed by atoms with van der Waals surface area (Å²) in [7, 11) is 0. The first-order valence-electron chi connectivity index (χ1n) is 9.13. The van der Waals surface area contributed by atoms with Crippen molar-refractivity contribution in [2.24, 2.45) is 11.8 Å². The van der Waals surface area contributed by atoms with Crippen molar-refractivity contribution in [1.82, 2.24) is 4.90 Å². The number of allylic oxidation sites excluding steroid dienone is 2. The molecule has 0 spiro atoms. The first kappa shape index (κ1) is 18.2. The van der Waals surface area contributed by atoms with Crippen LogP contribution in [0.3, 0.4) is 0 Å². The molecule has 0 saturated carbocycles. The van der Waals surface area contributed by atoms with Crippen molar-refractivity contribution in [3.8, 4) is 11.5 Å². The van der Waals surface area contributed by atoms with Gasteiger partial charge in [-0.25, -0.2) is 0 Å². The van der Waals surface area contributed by atoms with Crippen molar-refractivity contribution in [3.05, 3.63) is 35.9 Å². The standard InChI is InChI=1S/C20H19NO7/c22-15(12-5-6-16-17(9-12)28-11-27-16)10-26-18(23)7-8-21-19(24)13-3-1-2-4-14(13)20(21)25/h1-2,5-6,9,13-14H,3-4,7-8,10-11H2/t13-,14-/m1/s1. The van der Waals surface area contributed by atoms with Crippen LogP contribution in [0, 0.1) is 11.8 Å². The first-order valence-corrected chi connectivity index (χ1v) is 9.13. The molecule has 1 aromatic carbocycles. The van der Waals surface area contributed by atoms with Crippen LogP contribution < -0.4 is 9.47 Å². The van der Waals surface area contributed by atoms with Crippen molar-refractivity contribution in [2.45, 2.75) is 19.3 Å². The molecule has 0 N–H and O–H groups in total. The summed E-state index contributed by atoms with van der Waals surface area (Å²) in [4.78, 5) is 50.0. The molecule has 1 aromatic rings. The maximum atomic E-state index is 12.3. The molecule has 1 saturated heterocycles. The SMILES string of the molecule is O=C(CCN1C(=O)[C@@H]2CC=CC[C@H]2C1=O)OCC(=O)c1ccc2c(c1)OCO2. The largest absolute Gasteiger partial charge is 0.457 e. The van der Waals surface area contributed by atoms with E-state index in [4.69, 9.17) is 14.2 Å². The van der Waals surface area contributed by atoms with E-state index < -0.39 is 12.6 Å². The molecule has 2 amide bonds. The van der Waals surface area contributed by atoms with E-state index in [0.29, 0.717) is 29.9 Å². The van der Waals surface area contributed by atoms with Crippen molar-refractivity contribution >= 4 is 23.6 Å². The number of carbonyl (C=O) groups is 4. The zero-order valence-corrected chi connectivity index (χ0v) is 15.1. The molecule has 28 heavy (non-hydrogen) atoms. The number of nitrogens with zero attached hydrogens (tertiary/aromatic N) is 1. The second-order valence-electron chi connectivity index (χ2n) is 6.89. The Kier molecular flexibility index (Phi) is 4.85. The van der Waals surface area contributed by atoms with Crippen LogP contribution >= 0.6 is 0 Å². The summed E-state index contributed by atoms with van der Waals surface area (Å²) < 4.78 is 15.4. The van der Waals surface area contributed by atoms with E-state index in [1.165, 1.54) is 6.07 Å². The van der Waals surface area contributed by atoms with E-state index in [2.05, 4.69) is 0 Å². The number of likely N-dealkylation sites (tertiary alicyclic amines) is 1. The van der Waals surface area contributed by atoms with Gasteiger partial charge in [0.25, 0.3) is 0 Å². The van der Waals surface area contributed by atoms with Gasteiger partial charge < -0.3 is 14.2 Å². The summed E-state index contributed by atoms with van der Waals surface area (Å²) in [6, 6.07) is 4.73. The van der Waals surface area contributed by atoms with Gasteiger partial charge in [-0.05, 0) is 31.0 Å². The van der Waals surface area contributed by atoms with E-state index in [1.54, 1.807) is 12.1 Å². The Morgan fingerprint density at radius 3 is 2.43 bits per heavy atom. The van der Waals surface area contributed by atoms with E-state index in [-0.39, 0.29) is 49.2 Å². The van der Waals surface area contributed by atoms with Crippen molar-refractivity contribution < 1.29 is 33.4 Å². The molecule has 4 rings (SSSR count). The monoisotopic (exact) mass is 385 g/mol. The minimum Gasteiger partial charge on any atom is -0.457 e. The predicted molar refractivity (Wildman–Crippen MR) is 94.5 cm³/mol. The van der Waals surface area contributed by atoms with Crippen LogP contribution in [-0.4, -0.2) is 48.4 Å². The maximum Gasteiger partial charge on any atom is 0.308 e. The van der Waals surface area contributed by atoms with Crippen LogP contribution in [0.5, 0.6) is 11.5 Å². The Morgan fingerprint density at radius 1 is 1.04 bits per heavy atom. The third-order valence-corrected chi connectivity index (χ3v) is 5.20. The molecule has 2 heterocycles. The number of hydrogen-bond acceptors (Lipinski definition) is 7. The van der Waals surface area contributed by atoms with Crippen molar-refractivity contribution in [2.75, 3.05) is 19.9 Å². The maximum absolute atomic E-state index is 12.3. The molecule has 8 nitrogen and oxygen atoms in total. The normalized spacial score (nSPS) is 22.4. The van der Waals surface area contributed by atoms with E-state index >= 15 is 0 Å². The minimum absolute atomic E-state index is 0.0261. The summed E-state index contributed by atoms with van der Waals surface area (Å²) >= 11 is 0. The summed E-state index contributed by atoms with van der Waals surface area (Å²) in [5.74, 6) is -1.09. The molecule has 0 bridgehead atoms. The molecule has 0 aromatic heterocycles. The zero-order chi connectivity index (χ0) is 19.7. The lowest BCUT2D eigenvalue weighted by molar-refractivity contribution is -0.145. The Bertz CT molecular complexity index is 849. The molecular formula is C20H19NO7. The van der Waals surface area contributed by atoms with Crippen molar-refractivity contribution in [3.63, 3.8) is 0 Å². The summed E-state index contributed by atoms with van der Waals surface area (Å²) in [5.41, 5.74) is 0.346. The number of ether oxygens (including phenoxy) is 3. The van der Waals surface area contributed by atoms with Gasteiger partial charge in [0.05, 0.1) is 18.3 Å². The Balaban J connectivity index is 1.26. The van der Waals surface area contributed by atoms with Gasteiger partial charge in [-0.2, -0.15) is 0 Å². The quantitative estimate of drug-likeness (QED) is 0.316. The summed E-state index contributed by atoms with van der Waals surface area (Å²) in [6.45, 7) is -0.342. The summed E-state index contributed by atoms with van der Waals surface area (Å²) in [5, 5.41) is 0. The lowest BCUT2D eigenvalue weighted by Crippen LogP contribution is -2.33. The van der Waals surface area contributed by atoms with Crippen LogP contribution in [-0.2, 0) is 19.1 Å². The molecule has 1 fully saturated rings. The molecule has 0 radical (unpaired) electrons. The topological polar surface area (TPSA) is 99.2 Å². The first-order chi connectivity index (χ1) is 13.5. The third-order valence-electron chi connectivity index (χ3n) is 5.20. The average molecular weight is 385 g/mol. The highest BCUT2D eigenvalue weighted by Crippen LogP contribution is 2.35. The highest BCUT2D eigenvalue weighted by molar-refractivity contribution is 6.05. The van der Waals surface area contributed by atoms with E-state index in [9.17, 15) is 19.2 Å². The highest BCUT2D eigenvalue weighted by atomic mass is 16.7. The number of ketones is 1.